The fourth-order valence-electron chi connectivity index (χ4n) is 7.76. The molecule has 0 aliphatic heterocycles. The Hall–Kier alpha value is -6.64. The number of anilines is 4. The summed E-state index contributed by atoms with van der Waals surface area (Å²) in [4.78, 5) is 4.88. The van der Waals surface area contributed by atoms with Crippen LogP contribution in [-0.4, -0.2) is 11.6 Å². The van der Waals surface area contributed by atoms with Crippen LogP contribution in [0.1, 0.15) is 37.0 Å². The fraction of sp³-hybridized carbons (Fsp3) is 0.111. The number of rotatable bonds is 11. The van der Waals surface area contributed by atoms with Gasteiger partial charge in [-0.3, -0.25) is 0 Å². The van der Waals surface area contributed by atoms with Crippen molar-refractivity contribution >= 4 is 41.0 Å². The molecule has 0 spiro atoms. The summed E-state index contributed by atoms with van der Waals surface area (Å²) >= 11 is 0. The smallest absolute Gasteiger partial charge is 0.0600 e. The average Bonchev–Trinajstić information content (AvgIpc) is 3.26. The maximum atomic E-state index is 2.60. The Kier molecular flexibility index (Phi) is 10.9. The summed E-state index contributed by atoms with van der Waals surface area (Å²) < 4.78 is 0. The minimum absolute atomic E-state index is 0.125. The molecule has 0 N–H and O–H groups in total. The SMILES string of the molecule is CC1C=CC=CC1N(c1ccccc1)C1(C)C=CC(/C=C/c2ccc(-c3ccc(/C=C/c4ccc(N(c5ccccc5)c5ccccc5)cc4)cc3)cc2)=CC1. The van der Waals surface area contributed by atoms with Crippen molar-refractivity contribution in [3.8, 4) is 11.1 Å². The zero-order chi connectivity index (χ0) is 38.2. The molecule has 2 aliphatic rings. The minimum Gasteiger partial charge on any atom is -0.355 e. The van der Waals surface area contributed by atoms with Gasteiger partial charge in [-0.25, -0.2) is 0 Å². The molecule has 0 saturated carbocycles. The highest BCUT2D eigenvalue weighted by molar-refractivity contribution is 5.78. The van der Waals surface area contributed by atoms with Crippen molar-refractivity contribution in [3.63, 3.8) is 0 Å². The van der Waals surface area contributed by atoms with Gasteiger partial charge in [-0.2, -0.15) is 0 Å². The first-order valence-corrected chi connectivity index (χ1v) is 19.7. The van der Waals surface area contributed by atoms with Crippen molar-refractivity contribution in [3.05, 3.63) is 235 Å². The molecule has 6 aromatic carbocycles. The molecule has 3 atom stereocenters. The predicted octanol–water partition coefficient (Wildman–Crippen LogP) is 14.3. The molecule has 0 aromatic heterocycles. The van der Waals surface area contributed by atoms with Crippen LogP contribution in [0.3, 0.4) is 0 Å². The van der Waals surface area contributed by atoms with Crippen molar-refractivity contribution in [2.75, 3.05) is 9.80 Å². The van der Waals surface area contributed by atoms with E-state index in [9.17, 15) is 0 Å². The van der Waals surface area contributed by atoms with E-state index in [4.69, 9.17) is 0 Å². The summed E-state index contributed by atoms with van der Waals surface area (Å²) in [6, 6.07) is 58.6. The summed E-state index contributed by atoms with van der Waals surface area (Å²) in [7, 11) is 0. The highest BCUT2D eigenvalue weighted by Crippen LogP contribution is 2.38. The third-order valence-corrected chi connectivity index (χ3v) is 10.9. The van der Waals surface area contributed by atoms with E-state index in [1.807, 2.05) is 0 Å². The summed E-state index contributed by atoms with van der Waals surface area (Å²) in [6.45, 7) is 4.67. The van der Waals surface area contributed by atoms with E-state index < -0.39 is 0 Å². The third-order valence-electron chi connectivity index (χ3n) is 10.9. The van der Waals surface area contributed by atoms with Crippen molar-refractivity contribution in [1.29, 1.82) is 0 Å². The van der Waals surface area contributed by atoms with Crippen LogP contribution in [0.25, 0.3) is 29.4 Å². The third kappa shape index (κ3) is 8.36. The van der Waals surface area contributed by atoms with Gasteiger partial charge >= 0.3 is 0 Å². The van der Waals surface area contributed by atoms with Gasteiger partial charge in [-0.1, -0.05) is 189 Å². The molecule has 6 aromatic rings. The lowest BCUT2D eigenvalue weighted by molar-refractivity contribution is 0.436. The van der Waals surface area contributed by atoms with E-state index in [1.54, 1.807) is 0 Å². The molecule has 0 bridgehead atoms. The Balaban J connectivity index is 0.892. The van der Waals surface area contributed by atoms with Gasteiger partial charge in [0.2, 0.25) is 0 Å². The number of benzene rings is 6. The molecule has 2 heteroatoms. The van der Waals surface area contributed by atoms with E-state index in [2.05, 4.69) is 254 Å². The van der Waals surface area contributed by atoms with Gasteiger partial charge in [0.1, 0.15) is 0 Å². The quantitative estimate of drug-likeness (QED) is 0.123. The Morgan fingerprint density at radius 1 is 0.500 bits per heavy atom. The maximum absolute atomic E-state index is 2.60. The highest BCUT2D eigenvalue weighted by Gasteiger charge is 2.36. The van der Waals surface area contributed by atoms with Crippen LogP contribution in [0.2, 0.25) is 0 Å². The van der Waals surface area contributed by atoms with Crippen LogP contribution in [0, 0.1) is 5.92 Å². The monoisotopic (exact) mass is 724 g/mol. The van der Waals surface area contributed by atoms with Gasteiger partial charge in [0.05, 0.1) is 11.6 Å². The standard InChI is InChI=1S/C54H48N2/c1-42-14-12-13-21-53(42)56(52-19-10-5-11-20-52)54(2)40-38-46(39-41-54)25-24-44-28-34-48(35-29-44)47-32-26-43(27-33-47)22-23-45-30-36-51(37-31-45)55(49-15-6-3-7-16-49)50-17-8-4-9-18-50/h3-40,42,53H,41H2,1-2H3/b23-22+,25-24+. The van der Waals surface area contributed by atoms with Gasteiger partial charge in [0.25, 0.3) is 0 Å². The van der Waals surface area contributed by atoms with Crippen LogP contribution in [0.15, 0.2) is 218 Å². The van der Waals surface area contributed by atoms with Crippen LogP contribution >= 0.6 is 0 Å². The van der Waals surface area contributed by atoms with Crippen molar-refractivity contribution in [2.24, 2.45) is 5.92 Å². The predicted molar refractivity (Wildman–Crippen MR) is 241 cm³/mol. The molecule has 3 unspecified atom stereocenters. The van der Waals surface area contributed by atoms with Gasteiger partial charge in [-0.15, -0.1) is 0 Å². The topological polar surface area (TPSA) is 6.48 Å². The van der Waals surface area contributed by atoms with Gasteiger partial charge in [0, 0.05) is 22.7 Å². The largest absolute Gasteiger partial charge is 0.355 e. The van der Waals surface area contributed by atoms with Crippen LogP contribution in [0.4, 0.5) is 22.7 Å². The zero-order valence-corrected chi connectivity index (χ0v) is 32.2. The van der Waals surface area contributed by atoms with E-state index >= 15 is 0 Å². The van der Waals surface area contributed by atoms with Crippen molar-refractivity contribution in [1.82, 2.24) is 0 Å². The van der Waals surface area contributed by atoms with Gasteiger partial charge < -0.3 is 9.80 Å². The number of hydrogen-bond acceptors (Lipinski definition) is 2. The van der Waals surface area contributed by atoms with E-state index in [-0.39, 0.29) is 5.54 Å². The molecular weight excluding hydrogens is 677 g/mol. The van der Waals surface area contributed by atoms with Crippen LogP contribution in [-0.2, 0) is 0 Å². The molecule has 2 nitrogen and oxygen atoms in total. The van der Waals surface area contributed by atoms with Crippen molar-refractivity contribution < 1.29 is 0 Å². The lowest BCUT2D eigenvalue weighted by Crippen LogP contribution is -2.53. The van der Waals surface area contributed by atoms with Crippen LogP contribution < -0.4 is 9.80 Å². The summed E-state index contributed by atoms with van der Waals surface area (Å²) in [5.74, 6) is 0.432. The van der Waals surface area contributed by atoms with E-state index in [0.717, 1.165) is 29.0 Å². The Morgan fingerprint density at radius 3 is 1.43 bits per heavy atom. The molecule has 0 fully saturated rings. The average molecular weight is 725 g/mol. The van der Waals surface area contributed by atoms with E-state index in [1.165, 1.54) is 33.5 Å². The Labute approximate surface area is 333 Å². The number of para-hydroxylation sites is 3. The molecule has 2 aliphatic carbocycles. The summed E-state index contributed by atoms with van der Waals surface area (Å²) in [5, 5.41) is 0. The highest BCUT2D eigenvalue weighted by atomic mass is 15.2. The number of nitrogens with zero attached hydrogens (tertiary/aromatic N) is 2. The first-order valence-electron chi connectivity index (χ1n) is 19.7. The van der Waals surface area contributed by atoms with Crippen LogP contribution in [0.5, 0.6) is 0 Å². The molecule has 0 radical (unpaired) electrons. The summed E-state index contributed by atoms with van der Waals surface area (Å²) in [6.07, 6.45) is 25.8. The molecule has 0 amide bonds. The van der Waals surface area contributed by atoms with Gasteiger partial charge in [0.15, 0.2) is 0 Å². The maximum Gasteiger partial charge on any atom is 0.0600 e. The van der Waals surface area contributed by atoms with Gasteiger partial charge in [-0.05, 0) is 101 Å². The molecular formula is C54H48N2. The lowest BCUT2D eigenvalue weighted by atomic mass is 9.83. The lowest BCUT2D eigenvalue weighted by Gasteiger charge is -2.48. The number of hydrogen-bond donors (Lipinski definition) is 0. The fourth-order valence-corrected chi connectivity index (χ4v) is 7.76. The molecule has 0 saturated heterocycles. The first-order chi connectivity index (χ1) is 27.5. The first kappa shape index (κ1) is 36.3. The van der Waals surface area contributed by atoms with E-state index in [0.29, 0.717) is 12.0 Å². The minimum atomic E-state index is -0.125. The Morgan fingerprint density at radius 2 is 0.946 bits per heavy atom. The van der Waals surface area contributed by atoms with Crippen molar-refractivity contribution in [2.45, 2.75) is 31.8 Å². The second kappa shape index (κ2) is 16.8. The Bertz CT molecular complexity index is 2340. The zero-order valence-electron chi connectivity index (χ0n) is 32.2. The normalized spacial score (nSPS) is 19.0. The molecule has 274 valence electrons. The molecule has 56 heavy (non-hydrogen) atoms. The number of allylic oxidation sites excluding steroid dienone is 5. The second-order valence-electron chi connectivity index (χ2n) is 14.9. The summed E-state index contributed by atoms with van der Waals surface area (Å²) in [5.41, 5.74) is 11.7. The second-order valence-corrected chi connectivity index (χ2v) is 14.9. The molecule has 8 rings (SSSR count). The molecule has 0 heterocycles.